The van der Waals surface area contributed by atoms with Crippen LogP contribution in [0.25, 0.3) is 0 Å². The van der Waals surface area contributed by atoms with E-state index in [2.05, 4.69) is 31.1 Å². The highest BCUT2D eigenvalue weighted by Gasteiger charge is 2.31. The summed E-state index contributed by atoms with van der Waals surface area (Å²) >= 11 is 0. The van der Waals surface area contributed by atoms with Crippen LogP contribution in [0.1, 0.15) is 32.4 Å². The minimum atomic E-state index is 0.570. The monoisotopic (exact) mass is 236 g/mol. The summed E-state index contributed by atoms with van der Waals surface area (Å²) in [6.45, 7) is 6.46. The number of hydrogen-bond donors (Lipinski definition) is 1. The van der Waals surface area contributed by atoms with E-state index in [0.29, 0.717) is 6.04 Å². The van der Waals surface area contributed by atoms with Crippen molar-refractivity contribution in [2.24, 2.45) is 5.92 Å². The number of furan rings is 1. The summed E-state index contributed by atoms with van der Waals surface area (Å²) in [6, 6.07) is 5.23. The fourth-order valence-electron chi connectivity index (χ4n) is 2.27. The highest BCUT2D eigenvalue weighted by molar-refractivity contribution is 4.97. The van der Waals surface area contributed by atoms with Gasteiger partial charge in [-0.2, -0.15) is 0 Å². The van der Waals surface area contributed by atoms with Crippen molar-refractivity contribution in [3.05, 3.63) is 24.2 Å². The Morgan fingerprint density at radius 3 is 2.82 bits per heavy atom. The Balaban J connectivity index is 1.67. The van der Waals surface area contributed by atoms with Gasteiger partial charge in [-0.3, -0.25) is 4.90 Å². The predicted molar refractivity (Wildman–Crippen MR) is 69.8 cm³/mol. The maximum atomic E-state index is 5.30. The molecule has 0 aromatic carbocycles. The van der Waals surface area contributed by atoms with Crippen LogP contribution in [-0.2, 0) is 6.54 Å². The molecule has 1 aliphatic rings. The van der Waals surface area contributed by atoms with Gasteiger partial charge in [-0.25, -0.2) is 0 Å². The van der Waals surface area contributed by atoms with E-state index in [-0.39, 0.29) is 0 Å². The van der Waals surface area contributed by atoms with E-state index in [1.807, 2.05) is 12.1 Å². The van der Waals surface area contributed by atoms with Crippen LogP contribution in [0.15, 0.2) is 22.8 Å². The van der Waals surface area contributed by atoms with Gasteiger partial charge in [-0.1, -0.05) is 0 Å². The predicted octanol–water partition coefficient (Wildman–Crippen LogP) is 2.49. The Labute approximate surface area is 104 Å². The molecule has 2 unspecified atom stereocenters. The van der Waals surface area contributed by atoms with Gasteiger partial charge in [0.05, 0.1) is 12.8 Å². The molecule has 3 heteroatoms. The minimum absolute atomic E-state index is 0.570. The molecule has 0 bridgehead atoms. The molecule has 1 N–H and O–H groups in total. The van der Waals surface area contributed by atoms with Gasteiger partial charge in [-0.05, 0) is 51.8 Å². The number of nitrogens with one attached hydrogen (secondary N) is 1. The quantitative estimate of drug-likeness (QED) is 0.788. The van der Waals surface area contributed by atoms with Gasteiger partial charge in [0.2, 0.25) is 0 Å². The average molecular weight is 236 g/mol. The summed E-state index contributed by atoms with van der Waals surface area (Å²) < 4.78 is 5.30. The Morgan fingerprint density at radius 1 is 1.47 bits per heavy atom. The number of nitrogens with zero attached hydrogens (tertiary/aromatic N) is 1. The number of rotatable bonds is 7. The Kier molecular flexibility index (Phi) is 4.24. The summed E-state index contributed by atoms with van der Waals surface area (Å²) in [5.41, 5.74) is 0. The van der Waals surface area contributed by atoms with Gasteiger partial charge >= 0.3 is 0 Å². The van der Waals surface area contributed by atoms with Crippen molar-refractivity contribution in [2.75, 3.05) is 13.6 Å². The highest BCUT2D eigenvalue weighted by atomic mass is 16.3. The Bertz CT molecular complexity index is 319. The molecule has 1 saturated carbocycles. The molecular weight excluding hydrogens is 212 g/mol. The molecule has 1 aromatic rings. The molecule has 0 amide bonds. The van der Waals surface area contributed by atoms with Gasteiger partial charge in [0.25, 0.3) is 0 Å². The molecule has 2 atom stereocenters. The van der Waals surface area contributed by atoms with Crippen LogP contribution in [0.4, 0.5) is 0 Å². The van der Waals surface area contributed by atoms with Crippen LogP contribution >= 0.6 is 0 Å². The molecule has 0 saturated heterocycles. The lowest BCUT2D eigenvalue weighted by Crippen LogP contribution is -2.43. The normalized spacial score (nSPS) is 19.5. The van der Waals surface area contributed by atoms with Crippen molar-refractivity contribution >= 4 is 0 Å². The van der Waals surface area contributed by atoms with E-state index in [9.17, 15) is 0 Å². The molecular formula is C14H24N2O. The standard InChI is InChI=1S/C14H24N2O/c1-11(16(3)12(2)13-6-7-13)9-15-10-14-5-4-8-17-14/h4-5,8,11-13,15H,6-7,9-10H2,1-3H3. The summed E-state index contributed by atoms with van der Waals surface area (Å²) in [6.07, 6.45) is 4.55. The van der Waals surface area contributed by atoms with Gasteiger partial charge in [-0.15, -0.1) is 0 Å². The molecule has 1 aromatic heterocycles. The maximum Gasteiger partial charge on any atom is 0.117 e. The second-order valence-electron chi connectivity index (χ2n) is 5.30. The van der Waals surface area contributed by atoms with Crippen LogP contribution in [0, 0.1) is 5.92 Å². The zero-order valence-electron chi connectivity index (χ0n) is 11.1. The van der Waals surface area contributed by atoms with Crippen molar-refractivity contribution in [1.29, 1.82) is 0 Å². The maximum absolute atomic E-state index is 5.30. The van der Waals surface area contributed by atoms with E-state index in [1.54, 1.807) is 6.26 Å². The molecule has 0 spiro atoms. The first-order chi connectivity index (χ1) is 8.18. The molecule has 1 aliphatic carbocycles. The van der Waals surface area contributed by atoms with Gasteiger partial charge < -0.3 is 9.73 Å². The molecule has 3 nitrogen and oxygen atoms in total. The van der Waals surface area contributed by atoms with Crippen LogP contribution in [0.5, 0.6) is 0 Å². The van der Waals surface area contributed by atoms with Gasteiger partial charge in [0, 0.05) is 18.6 Å². The zero-order chi connectivity index (χ0) is 12.3. The number of likely N-dealkylation sites (N-methyl/N-ethyl adjacent to an activating group) is 1. The molecule has 17 heavy (non-hydrogen) atoms. The summed E-state index contributed by atoms with van der Waals surface area (Å²) in [5, 5.41) is 3.45. The Hall–Kier alpha value is -0.800. The lowest BCUT2D eigenvalue weighted by molar-refractivity contribution is 0.174. The molecule has 0 aliphatic heterocycles. The SMILES string of the molecule is CC(CNCc1ccco1)N(C)C(C)C1CC1. The van der Waals surface area contributed by atoms with E-state index >= 15 is 0 Å². The largest absolute Gasteiger partial charge is 0.468 e. The van der Waals surface area contributed by atoms with Crippen molar-refractivity contribution in [3.8, 4) is 0 Å². The zero-order valence-corrected chi connectivity index (χ0v) is 11.1. The van der Waals surface area contributed by atoms with Crippen LogP contribution < -0.4 is 5.32 Å². The van der Waals surface area contributed by atoms with E-state index in [4.69, 9.17) is 4.42 Å². The third-order valence-corrected chi connectivity index (χ3v) is 3.96. The fraction of sp³-hybridized carbons (Fsp3) is 0.714. The average Bonchev–Trinajstić information content (AvgIpc) is 3.05. The minimum Gasteiger partial charge on any atom is -0.468 e. The van der Waals surface area contributed by atoms with Gasteiger partial charge in [0.15, 0.2) is 0 Å². The fourth-order valence-corrected chi connectivity index (χ4v) is 2.27. The third-order valence-electron chi connectivity index (χ3n) is 3.96. The highest BCUT2D eigenvalue weighted by Crippen LogP contribution is 2.35. The first kappa shape index (κ1) is 12.7. The molecule has 0 radical (unpaired) electrons. The molecule has 1 heterocycles. The van der Waals surface area contributed by atoms with Crippen LogP contribution in [-0.4, -0.2) is 30.6 Å². The first-order valence-electron chi connectivity index (χ1n) is 6.63. The van der Waals surface area contributed by atoms with Crippen molar-refractivity contribution in [1.82, 2.24) is 10.2 Å². The van der Waals surface area contributed by atoms with Crippen molar-refractivity contribution in [2.45, 2.75) is 45.3 Å². The second kappa shape index (κ2) is 5.69. The summed E-state index contributed by atoms with van der Waals surface area (Å²) in [7, 11) is 2.24. The van der Waals surface area contributed by atoms with Crippen LogP contribution in [0.3, 0.4) is 0 Å². The van der Waals surface area contributed by atoms with E-state index in [0.717, 1.165) is 30.8 Å². The summed E-state index contributed by atoms with van der Waals surface area (Å²) in [5.74, 6) is 1.95. The third kappa shape index (κ3) is 3.58. The first-order valence-corrected chi connectivity index (χ1v) is 6.63. The summed E-state index contributed by atoms with van der Waals surface area (Å²) in [4.78, 5) is 2.49. The lowest BCUT2D eigenvalue weighted by atomic mass is 10.1. The molecule has 2 rings (SSSR count). The molecule has 1 fully saturated rings. The topological polar surface area (TPSA) is 28.4 Å². The van der Waals surface area contributed by atoms with E-state index < -0.39 is 0 Å². The van der Waals surface area contributed by atoms with Crippen molar-refractivity contribution in [3.63, 3.8) is 0 Å². The smallest absolute Gasteiger partial charge is 0.117 e. The lowest BCUT2D eigenvalue weighted by Gasteiger charge is -2.31. The van der Waals surface area contributed by atoms with Gasteiger partial charge in [0.1, 0.15) is 5.76 Å². The molecule has 96 valence electrons. The van der Waals surface area contributed by atoms with Crippen molar-refractivity contribution < 1.29 is 4.42 Å². The second-order valence-corrected chi connectivity index (χ2v) is 5.30. The Morgan fingerprint density at radius 2 is 2.24 bits per heavy atom. The van der Waals surface area contributed by atoms with E-state index in [1.165, 1.54) is 12.8 Å². The van der Waals surface area contributed by atoms with Crippen LogP contribution in [0.2, 0.25) is 0 Å². The number of hydrogen-bond acceptors (Lipinski definition) is 3.